The predicted octanol–water partition coefficient (Wildman–Crippen LogP) is 3.25. The van der Waals surface area contributed by atoms with Crippen LogP contribution in [0, 0.1) is 19.7 Å². The van der Waals surface area contributed by atoms with E-state index in [-0.39, 0.29) is 12.3 Å². The molecule has 3 rings (SSSR count). The highest BCUT2D eigenvalue weighted by atomic mass is 32.2. The first-order chi connectivity index (χ1) is 12.4. The van der Waals surface area contributed by atoms with E-state index in [0.717, 1.165) is 22.6 Å². The largest absolute Gasteiger partial charge is 0.238 e. The second kappa shape index (κ2) is 7.39. The fourth-order valence-corrected chi connectivity index (χ4v) is 3.88. The van der Waals surface area contributed by atoms with Crippen LogP contribution in [-0.4, -0.2) is 18.2 Å². The van der Waals surface area contributed by atoms with Crippen LogP contribution in [-0.2, 0) is 22.3 Å². The van der Waals surface area contributed by atoms with Crippen LogP contribution in [0.3, 0.4) is 0 Å². The van der Waals surface area contributed by atoms with Crippen LogP contribution < -0.4 is 4.72 Å². The Hall–Kier alpha value is -2.51. The first-order valence-electron chi connectivity index (χ1n) is 8.18. The average molecular weight is 373 g/mol. The summed E-state index contributed by atoms with van der Waals surface area (Å²) in [7, 11) is -3.54. The van der Waals surface area contributed by atoms with Crippen molar-refractivity contribution in [1.29, 1.82) is 0 Å². The van der Waals surface area contributed by atoms with E-state index in [1.807, 2.05) is 44.2 Å². The maximum atomic E-state index is 12.9. The topological polar surface area (TPSA) is 64.0 Å². The minimum atomic E-state index is -3.54. The molecule has 1 N–H and O–H groups in total. The minimum absolute atomic E-state index is 0.161. The molecule has 5 nitrogen and oxygen atoms in total. The molecule has 0 aliphatic rings. The van der Waals surface area contributed by atoms with E-state index >= 15 is 0 Å². The third-order valence-electron chi connectivity index (χ3n) is 4.18. The summed E-state index contributed by atoms with van der Waals surface area (Å²) in [6.45, 7) is 3.93. The van der Waals surface area contributed by atoms with Gasteiger partial charge in [-0.1, -0.05) is 30.3 Å². The van der Waals surface area contributed by atoms with Crippen molar-refractivity contribution in [1.82, 2.24) is 14.5 Å². The molecule has 2 aromatic carbocycles. The Kier molecular flexibility index (Phi) is 5.20. The van der Waals surface area contributed by atoms with Crippen molar-refractivity contribution in [3.8, 4) is 5.69 Å². The number of nitrogens with one attached hydrogen (secondary N) is 1. The van der Waals surface area contributed by atoms with Gasteiger partial charge in [-0.3, -0.25) is 0 Å². The highest BCUT2D eigenvalue weighted by Crippen LogP contribution is 2.18. The van der Waals surface area contributed by atoms with E-state index < -0.39 is 15.8 Å². The quantitative estimate of drug-likeness (QED) is 0.721. The van der Waals surface area contributed by atoms with E-state index in [1.165, 1.54) is 24.3 Å². The van der Waals surface area contributed by atoms with Crippen molar-refractivity contribution in [3.05, 3.63) is 82.9 Å². The molecule has 3 aromatic rings. The summed E-state index contributed by atoms with van der Waals surface area (Å²) >= 11 is 0. The molecule has 0 radical (unpaired) electrons. The fourth-order valence-electron chi connectivity index (χ4n) is 2.78. The average Bonchev–Trinajstić information content (AvgIpc) is 2.90. The molecule has 0 unspecified atom stereocenters. The van der Waals surface area contributed by atoms with Gasteiger partial charge in [0, 0.05) is 17.8 Å². The summed E-state index contributed by atoms with van der Waals surface area (Å²) < 4.78 is 42.0. The lowest BCUT2D eigenvalue weighted by Crippen LogP contribution is -2.25. The molecule has 0 aliphatic carbocycles. The van der Waals surface area contributed by atoms with E-state index in [2.05, 4.69) is 9.82 Å². The summed E-state index contributed by atoms with van der Waals surface area (Å²) in [5, 5.41) is 4.51. The number of hydrogen-bond donors (Lipinski definition) is 1. The van der Waals surface area contributed by atoms with Gasteiger partial charge in [-0.25, -0.2) is 22.2 Å². The third-order valence-corrected chi connectivity index (χ3v) is 5.48. The molecule has 1 heterocycles. The van der Waals surface area contributed by atoms with Crippen molar-refractivity contribution >= 4 is 10.0 Å². The highest BCUT2D eigenvalue weighted by molar-refractivity contribution is 7.88. The number of sulfonamides is 1. The zero-order chi connectivity index (χ0) is 18.7. The lowest BCUT2D eigenvalue weighted by molar-refractivity contribution is 0.580. The highest BCUT2D eigenvalue weighted by Gasteiger charge is 2.17. The zero-order valence-corrected chi connectivity index (χ0v) is 15.4. The van der Waals surface area contributed by atoms with Gasteiger partial charge in [0.1, 0.15) is 5.82 Å². The van der Waals surface area contributed by atoms with Crippen LogP contribution in [0.2, 0.25) is 0 Å². The number of aromatic nitrogens is 2. The number of halogens is 1. The number of para-hydroxylation sites is 1. The lowest BCUT2D eigenvalue weighted by atomic mass is 10.2. The number of aryl methyl sites for hydroxylation is 1. The van der Waals surface area contributed by atoms with Crippen LogP contribution in [0.5, 0.6) is 0 Å². The molecule has 26 heavy (non-hydrogen) atoms. The van der Waals surface area contributed by atoms with Gasteiger partial charge in [0.15, 0.2) is 0 Å². The number of hydrogen-bond acceptors (Lipinski definition) is 3. The Morgan fingerprint density at radius 3 is 2.35 bits per heavy atom. The summed E-state index contributed by atoms with van der Waals surface area (Å²) in [6.07, 6.45) is 0. The fraction of sp³-hybridized carbons (Fsp3) is 0.211. The summed E-state index contributed by atoms with van der Waals surface area (Å²) in [5.41, 5.74) is 3.96. The Bertz CT molecular complexity index is 997. The first-order valence-corrected chi connectivity index (χ1v) is 9.83. The minimum Gasteiger partial charge on any atom is -0.238 e. The molecular weight excluding hydrogens is 353 g/mol. The van der Waals surface area contributed by atoms with Crippen LogP contribution in [0.1, 0.15) is 22.5 Å². The van der Waals surface area contributed by atoms with Crippen molar-refractivity contribution in [2.24, 2.45) is 0 Å². The first kappa shape index (κ1) is 18.3. The van der Waals surface area contributed by atoms with Crippen molar-refractivity contribution in [2.45, 2.75) is 26.1 Å². The summed E-state index contributed by atoms with van der Waals surface area (Å²) in [5.74, 6) is -0.586. The monoisotopic (exact) mass is 373 g/mol. The molecular formula is C19H20FN3O2S. The molecule has 0 fully saturated rings. The van der Waals surface area contributed by atoms with Gasteiger partial charge in [-0.2, -0.15) is 5.10 Å². The summed E-state index contributed by atoms with van der Waals surface area (Å²) in [4.78, 5) is 0. The number of benzene rings is 2. The molecule has 0 atom stereocenters. The molecule has 0 saturated carbocycles. The van der Waals surface area contributed by atoms with Gasteiger partial charge in [0.25, 0.3) is 0 Å². The van der Waals surface area contributed by atoms with Crippen molar-refractivity contribution in [3.63, 3.8) is 0 Å². The maximum Gasteiger partial charge on any atom is 0.216 e. The smallest absolute Gasteiger partial charge is 0.216 e. The van der Waals surface area contributed by atoms with Gasteiger partial charge < -0.3 is 0 Å². The number of nitrogens with zero attached hydrogens (tertiary/aromatic N) is 2. The molecule has 0 saturated heterocycles. The molecule has 136 valence electrons. The molecule has 0 amide bonds. The normalized spacial score (nSPS) is 11.7. The van der Waals surface area contributed by atoms with Gasteiger partial charge in [0.2, 0.25) is 10.0 Å². The van der Waals surface area contributed by atoms with Gasteiger partial charge in [-0.05, 0) is 43.7 Å². The molecule has 7 heteroatoms. The Balaban J connectivity index is 1.75. The molecule has 0 bridgehead atoms. The van der Waals surface area contributed by atoms with Gasteiger partial charge in [0.05, 0.1) is 17.1 Å². The van der Waals surface area contributed by atoms with Crippen LogP contribution in [0.25, 0.3) is 5.69 Å². The van der Waals surface area contributed by atoms with Gasteiger partial charge in [-0.15, -0.1) is 0 Å². The van der Waals surface area contributed by atoms with E-state index in [9.17, 15) is 12.8 Å². The van der Waals surface area contributed by atoms with E-state index in [1.54, 1.807) is 4.68 Å². The summed E-state index contributed by atoms with van der Waals surface area (Å²) in [6, 6.07) is 15.1. The lowest BCUT2D eigenvalue weighted by Gasteiger charge is -2.08. The molecule has 0 spiro atoms. The van der Waals surface area contributed by atoms with Crippen molar-refractivity contribution < 1.29 is 12.8 Å². The Morgan fingerprint density at radius 2 is 1.69 bits per heavy atom. The van der Waals surface area contributed by atoms with Crippen LogP contribution in [0.15, 0.2) is 54.6 Å². The SMILES string of the molecule is Cc1nn(-c2ccccc2)c(C)c1CNS(=O)(=O)Cc1ccc(F)cc1. The van der Waals surface area contributed by atoms with E-state index in [4.69, 9.17) is 0 Å². The van der Waals surface area contributed by atoms with Gasteiger partial charge >= 0.3 is 0 Å². The standard InChI is InChI=1S/C19H20FN3O2S/c1-14-19(15(2)23(22-14)18-6-4-3-5-7-18)12-21-26(24,25)13-16-8-10-17(20)11-9-16/h3-11,21H,12-13H2,1-2H3. The van der Waals surface area contributed by atoms with E-state index in [0.29, 0.717) is 5.56 Å². The van der Waals surface area contributed by atoms with Crippen LogP contribution in [0.4, 0.5) is 4.39 Å². The third kappa shape index (κ3) is 4.17. The predicted molar refractivity (Wildman–Crippen MR) is 98.9 cm³/mol. The zero-order valence-electron chi connectivity index (χ0n) is 14.6. The second-order valence-corrected chi connectivity index (χ2v) is 7.91. The molecule has 1 aromatic heterocycles. The molecule has 0 aliphatic heterocycles. The second-order valence-electron chi connectivity index (χ2n) is 6.10. The Morgan fingerprint density at radius 1 is 1.04 bits per heavy atom. The Labute approximate surface area is 152 Å². The van der Waals surface area contributed by atoms with Crippen molar-refractivity contribution in [2.75, 3.05) is 0 Å². The number of rotatable bonds is 6. The maximum absolute atomic E-state index is 12.9. The van der Waals surface area contributed by atoms with Crippen LogP contribution >= 0.6 is 0 Å².